The highest BCUT2D eigenvalue weighted by molar-refractivity contribution is 9.10. The van der Waals surface area contributed by atoms with Gasteiger partial charge in [-0.3, -0.25) is 4.79 Å². The summed E-state index contributed by atoms with van der Waals surface area (Å²) >= 11 is 3.06. The number of hydrogen-bond acceptors (Lipinski definition) is 1. The molecule has 14 heavy (non-hydrogen) atoms. The molecule has 0 aliphatic carbocycles. The number of halogens is 2. The highest BCUT2D eigenvalue weighted by Gasteiger charge is 2.02. The molecule has 0 radical (unpaired) electrons. The van der Waals surface area contributed by atoms with Gasteiger partial charge in [0.25, 0.3) is 0 Å². The van der Waals surface area contributed by atoms with Crippen molar-refractivity contribution in [3.63, 3.8) is 0 Å². The number of benzene rings is 1. The summed E-state index contributed by atoms with van der Waals surface area (Å²) in [5.74, 6) is -0.844. The van der Waals surface area contributed by atoms with Crippen LogP contribution in [-0.4, -0.2) is 5.91 Å². The van der Waals surface area contributed by atoms with Crippen molar-refractivity contribution in [1.29, 1.82) is 0 Å². The third kappa shape index (κ3) is 2.67. The van der Waals surface area contributed by atoms with Crippen LogP contribution in [0.3, 0.4) is 0 Å². The maximum absolute atomic E-state index is 12.9. The van der Waals surface area contributed by atoms with Gasteiger partial charge in [0, 0.05) is 6.08 Å². The van der Waals surface area contributed by atoms with Gasteiger partial charge in [-0.25, -0.2) is 4.39 Å². The zero-order chi connectivity index (χ0) is 10.7. The quantitative estimate of drug-likeness (QED) is 0.813. The summed E-state index contributed by atoms with van der Waals surface area (Å²) in [5.41, 5.74) is 6.47. The molecule has 0 heterocycles. The Morgan fingerprint density at radius 3 is 2.71 bits per heavy atom. The van der Waals surface area contributed by atoms with Crippen molar-refractivity contribution in [2.24, 2.45) is 5.73 Å². The summed E-state index contributed by atoms with van der Waals surface area (Å²) in [6, 6.07) is 4.52. The Morgan fingerprint density at radius 2 is 2.21 bits per heavy atom. The molecule has 0 atom stereocenters. The molecule has 2 nitrogen and oxygen atoms in total. The Bertz CT molecular complexity index is 401. The minimum Gasteiger partial charge on any atom is -0.366 e. The number of hydrogen-bond donors (Lipinski definition) is 1. The van der Waals surface area contributed by atoms with Gasteiger partial charge in [-0.2, -0.15) is 0 Å². The second kappa shape index (κ2) is 4.37. The largest absolute Gasteiger partial charge is 0.366 e. The molecule has 1 amide bonds. The highest BCUT2D eigenvalue weighted by atomic mass is 79.9. The molecule has 0 spiro atoms. The van der Waals surface area contributed by atoms with E-state index in [4.69, 9.17) is 5.73 Å². The van der Waals surface area contributed by atoms with Crippen LogP contribution in [0.25, 0.3) is 5.57 Å². The lowest BCUT2D eigenvalue weighted by Gasteiger charge is -2.02. The average Bonchev–Trinajstić information content (AvgIpc) is 2.08. The molecule has 0 unspecified atom stereocenters. The number of rotatable bonds is 2. The zero-order valence-corrected chi connectivity index (χ0v) is 9.14. The summed E-state index contributed by atoms with van der Waals surface area (Å²) in [6.07, 6.45) is 1.31. The van der Waals surface area contributed by atoms with Crippen LogP contribution in [0.15, 0.2) is 28.7 Å². The lowest BCUT2D eigenvalue weighted by atomic mass is 10.1. The van der Waals surface area contributed by atoms with Crippen LogP contribution in [0.5, 0.6) is 0 Å². The first-order valence-electron chi connectivity index (χ1n) is 3.94. The predicted octanol–water partition coefficient (Wildman–Crippen LogP) is 2.48. The summed E-state index contributed by atoms with van der Waals surface area (Å²) < 4.78 is 13.2. The Balaban J connectivity index is 3.09. The lowest BCUT2D eigenvalue weighted by Crippen LogP contribution is -2.06. The molecule has 0 aliphatic heterocycles. The van der Waals surface area contributed by atoms with E-state index in [0.717, 1.165) is 5.56 Å². The number of primary amides is 1. The number of carbonyl (C=O) groups is 1. The fourth-order valence-electron chi connectivity index (χ4n) is 1.04. The molecule has 4 heteroatoms. The standard InChI is InChI=1S/C10H9BrFNO/c1-6(4-10(13)14)7-2-3-9(12)8(11)5-7/h2-5H,1H3,(H2,13,14)/b6-4+. The van der Waals surface area contributed by atoms with E-state index in [0.29, 0.717) is 10.0 Å². The molecule has 0 bridgehead atoms. The molecule has 0 aromatic heterocycles. The maximum atomic E-state index is 12.9. The van der Waals surface area contributed by atoms with Gasteiger partial charge in [0.2, 0.25) is 5.91 Å². The van der Waals surface area contributed by atoms with Crippen molar-refractivity contribution in [1.82, 2.24) is 0 Å². The molecule has 74 valence electrons. The smallest absolute Gasteiger partial charge is 0.241 e. The first-order valence-corrected chi connectivity index (χ1v) is 4.73. The van der Waals surface area contributed by atoms with Crippen molar-refractivity contribution in [3.05, 3.63) is 40.1 Å². The summed E-state index contributed by atoms with van der Waals surface area (Å²) in [5, 5.41) is 0. The fourth-order valence-corrected chi connectivity index (χ4v) is 1.42. The van der Waals surface area contributed by atoms with E-state index in [-0.39, 0.29) is 5.82 Å². The highest BCUT2D eigenvalue weighted by Crippen LogP contribution is 2.21. The molecule has 0 saturated carbocycles. The van der Waals surface area contributed by atoms with Crippen LogP contribution in [0.4, 0.5) is 4.39 Å². The molecule has 2 N–H and O–H groups in total. The van der Waals surface area contributed by atoms with Gasteiger partial charge in [0.1, 0.15) is 5.82 Å². The second-order valence-electron chi connectivity index (χ2n) is 2.86. The Morgan fingerprint density at radius 1 is 1.57 bits per heavy atom. The van der Waals surface area contributed by atoms with Crippen molar-refractivity contribution in [3.8, 4) is 0 Å². The SMILES string of the molecule is C/C(=C\C(N)=O)c1ccc(F)c(Br)c1. The Kier molecular flexibility index (Phi) is 3.41. The molecular formula is C10H9BrFNO. The molecule has 0 fully saturated rings. The van der Waals surface area contributed by atoms with Crippen molar-refractivity contribution in [2.75, 3.05) is 0 Å². The van der Waals surface area contributed by atoms with Crippen molar-refractivity contribution < 1.29 is 9.18 Å². The van der Waals surface area contributed by atoms with Crippen LogP contribution in [0.2, 0.25) is 0 Å². The van der Waals surface area contributed by atoms with Gasteiger partial charge in [0.05, 0.1) is 4.47 Å². The van der Waals surface area contributed by atoms with Crippen LogP contribution < -0.4 is 5.73 Å². The number of allylic oxidation sites excluding steroid dienone is 1. The first-order chi connectivity index (χ1) is 6.50. The minimum atomic E-state index is -0.511. The van der Waals surface area contributed by atoms with E-state index < -0.39 is 5.91 Å². The molecular weight excluding hydrogens is 249 g/mol. The third-order valence-electron chi connectivity index (χ3n) is 1.73. The average molecular weight is 258 g/mol. The van der Waals surface area contributed by atoms with Gasteiger partial charge in [0.15, 0.2) is 0 Å². The topological polar surface area (TPSA) is 43.1 Å². The van der Waals surface area contributed by atoms with Crippen molar-refractivity contribution in [2.45, 2.75) is 6.92 Å². The van der Waals surface area contributed by atoms with Crippen LogP contribution in [-0.2, 0) is 4.79 Å². The van der Waals surface area contributed by atoms with Crippen LogP contribution in [0.1, 0.15) is 12.5 Å². The van der Waals surface area contributed by atoms with E-state index in [2.05, 4.69) is 15.9 Å². The number of amides is 1. The molecule has 1 aromatic rings. The monoisotopic (exact) mass is 257 g/mol. The molecule has 1 rings (SSSR count). The van der Waals surface area contributed by atoms with E-state index >= 15 is 0 Å². The predicted molar refractivity (Wildman–Crippen MR) is 56.9 cm³/mol. The summed E-state index contributed by atoms with van der Waals surface area (Å²) in [4.78, 5) is 10.6. The normalized spacial score (nSPS) is 11.5. The third-order valence-corrected chi connectivity index (χ3v) is 2.34. The van der Waals surface area contributed by atoms with E-state index in [9.17, 15) is 9.18 Å². The van der Waals surface area contributed by atoms with E-state index in [1.807, 2.05) is 0 Å². The van der Waals surface area contributed by atoms with Gasteiger partial charge < -0.3 is 5.73 Å². The van der Waals surface area contributed by atoms with Crippen molar-refractivity contribution >= 4 is 27.4 Å². The molecule has 0 aliphatic rings. The van der Waals surface area contributed by atoms with Gasteiger partial charge in [-0.05, 0) is 46.1 Å². The van der Waals surface area contributed by atoms with Gasteiger partial charge >= 0.3 is 0 Å². The summed E-state index contributed by atoms with van der Waals surface area (Å²) in [7, 11) is 0. The molecule has 0 saturated heterocycles. The Labute approximate surface area is 89.7 Å². The maximum Gasteiger partial charge on any atom is 0.241 e. The molecule has 1 aromatic carbocycles. The van der Waals surface area contributed by atoms with Crippen LogP contribution >= 0.6 is 15.9 Å². The second-order valence-corrected chi connectivity index (χ2v) is 3.71. The van der Waals surface area contributed by atoms with E-state index in [1.54, 1.807) is 19.1 Å². The fraction of sp³-hybridized carbons (Fsp3) is 0.100. The number of nitrogens with two attached hydrogens (primary N) is 1. The van der Waals surface area contributed by atoms with Crippen LogP contribution in [0, 0.1) is 5.82 Å². The van der Waals surface area contributed by atoms with E-state index in [1.165, 1.54) is 12.1 Å². The first kappa shape index (κ1) is 10.9. The van der Waals surface area contributed by atoms with Gasteiger partial charge in [-0.15, -0.1) is 0 Å². The lowest BCUT2D eigenvalue weighted by molar-refractivity contribution is -0.113. The Hall–Kier alpha value is -1.16. The summed E-state index contributed by atoms with van der Waals surface area (Å²) in [6.45, 7) is 1.74. The van der Waals surface area contributed by atoms with Gasteiger partial charge in [-0.1, -0.05) is 6.07 Å². The zero-order valence-electron chi connectivity index (χ0n) is 7.55. The minimum absolute atomic E-state index is 0.333. The number of carbonyl (C=O) groups excluding carboxylic acids is 1.